The van der Waals surface area contributed by atoms with Crippen LogP contribution in [0, 0.1) is 23.2 Å². The zero-order valence-corrected chi connectivity index (χ0v) is 18.9. The number of aromatic nitrogens is 2. The molecule has 1 aromatic heterocycles. The van der Waals surface area contributed by atoms with Crippen molar-refractivity contribution in [1.82, 2.24) is 9.97 Å². The van der Waals surface area contributed by atoms with E-state index < -0.39 is 15.1 Å². The highest BCUT2D eigenvalue weighted by atomic mass is 35.5. The lowest BCUT2D eigenvalue weighted by atomic mass is 9.92. The summed E-state index contributed by atoms with van der Waals surface area (Å²) in [6.07, 6.45) is 1.09. The van der Waals surface area contributed by atoms with Gasteiger partial charge in [-0.15, -0.1) is 0 Å². The largest absolute Gasteiger partial charge is 0.354 e. The third-order valence-electron chi connectivity index (χ3n) is 5.56. The Bertz CT molecular complexity index is 1240. The molecule has 0 unspecified atom stereocenters. The van der Waals surface area contributed by atoms with Gasteiger partial charge in [-0.2, -0.15) is 5.26 Å². The molecule has 1 saturated heterocycles. The maximum absolute atomic E-state index is 13.4. The maximum atomic E-state index is 13.4. The van der Waals surface area contributed by atoms with E-state index in [1.807, 2.05) is 24.3 Å². The van der Waals surface area contributed by atoms with Crippen LogP contribution in [0.1, 0.15) is 31.2 Å². The predicted molar refractivity (Wildman–Crippen MR) is 122 cm³/mol. The van der Waals surface area contributed by atoms with Gasteiger partial charge in [0.2, 0.25) is 9.84 Å². The van der Waals surface area contributed by atoms with Crippen LogP contribution in [0.15, 0.2) is 53.4 Å². The molecule has 0 radical (unpaired) electrons. The highest BCUT2D eigenvalue weighted by Crippen LogP contribution is 2.36. The Morgan fingerprint density at radius 2 is 1.61 bits per heavy atom. The maximum Gasteiger partial charge on any atom is 0.200 e. The van der Waals surface area contributed by atoms with Gasteiger partial charge in [0.05, 0.1) is 22.0 Å². The number of nitriles is 1. The summed E-state index contributed by atoms with van der Waals surface area (Å²) in [5, 5.41) is 8.94. The van der Waals surface area contributed by atoms with Crippen LogP contribution in [-0.2, 0) is 9.84 Å². The van der Waals surface area contributed by atoms with Crippen LogP contribution in [0.5, 0.6) is 0 Å². The molecular weight excluding hydrogens is 432 g/mol. The molecule has 0 bridgehead atoms. The minimum absolute atomic E-state index is 0.0322. The molecule has 0 amide bonds. The molecule has 2 aromatic carbocycles. The van der Waals surface area contributed by atoms with E-state index in [9.17, 15) is 13.7 Å². The van der Waals surface area contributed by atoms with Gasteiger partial charge in [-0.3, -0.25) is 0 Å². The van der Waals surface area contributed by atoms with Crippen LogP contribution in [0.4, 0.5) is 5.82 Å². The first-order chi connectivity index (χ1) is 14.8. The average molecular weight is 455 g/mol. The number of nitrogens with zero attached hydrogens (tertiary/aromatic N) is 4. The van der Waals surface area contributed by atoms with E-state index in [1.165, 1.54) is 24.3 Å². The van der Waals surface area contributed by atoms with Crippen LogP contribution in [0.3, 0.4) is 0 Å². The zero-order valence-electron chi connectivity index (χ0n) is 17.4. The van der Waals surface area contributed by atoms with Crippen molar-refractivity contribution in [3.8, 4) is 6.07 Å². The van der Waals surface area contributed by atoms with Gasteiger partial charge in [0.15, 0.2) is 11.1 Å². The van der Waals surface area contributed by atoms with Crippen molar-refractivity contribution in [2.75, 3.05) is 18.0 Å². The summed E-state index contributed by atoms with van der Waals surface area (Å²) in [6, 6.07) is 15.1. The van der Waals surface area contributed by atoms with Gasteiger partial charge in [-0.05, 0) is 54.7 Å². The highest BCUT2D eigenvalue weighted by Gasteiger charge is 2.36. The van der Waals surface area contributed by atoms with E-state index in [0.717, 1.165) is 19.5 Å². The van der Waals surface area contributed by atoms with Gasteiger partial charge in [-0.1, -0.05) is 37.6 Å². The summed E-state index contributed by atoms with van der Waals surface area (Å²) in [5.41, 5.74) is 1.41. The van der Waals surface area contributed by atoms with E-state index in [2.05, 4.69) is 23.7 Å². The predicted octanol–water partition coefficient (Wildman–Crippen LogP) is 4.80. The molecule has 0 spiro atoms. The van der Waals surface area contributed by atoms with Crippen molar-refractivity contribution in [2.45, 2.75) is 30.4 Å². The average Bonchev–Trinajstić information content (AvgIpc) is 2.73. The quantitative estimate of drug-likeness (QED) is 0.562. The summed E-state index contributed by atoms with van der Waals surface area (Å²) in [5.74, 6) is 1.33. The Morgan fingerprint density at radius 3 is 2.19 bits per heavy atom. The lowest BCUT2D eigenvalue weighted by Crippen LogP contribution is -2.40. The van der Waals surface area contributed by atoms with Gasteiger partial charge in [0.1, 0.15) is 5.69 Å². The molecule has 6 nitrogen and oxygen atoms in total. The Kier molecular flexibility index (Phi) is 5.87. The smallest absolute Gasteiger partial charge is 0.200 e. The fourth-order valence-corrected chi connectivity index (χ4v) is 5.79. The second kappa shape index (κ2) is 8.45. The molecule has 3 atom stereocenters. The van der Waals surface area contributed by atoms with Gasteiger partial charge in [-0.25, -0.2) is 18.4 Å². The number of piperidine rings is 1. The van der Waals surface area contributed by atoms with Crippen molar-refractivity contribution in [3.05, 3.63) is 59.2 Å². The monoisotopic (exact) mass is 454 g/mol. The molecule has 1 aliphatic rings. The first-order valence-electron chi connectivity index (χ1n) is 10.2. The highest BCUT2D eigenvalue weighted by molar-refractivity contribution is 7.92. The van der Waals surface area contributed by atoms with Crippen LogP contribution >= 0.6 is 11.6 Å². The Morgan fingerprint density at radius 1 is 1.03 bits per heavy atom. The minimum atomic E-state index is -4.03. The third kappa shape index (κ3) is 4.23. The van der Waals surface area contributed by atoms with Gasteiger partial charge >= 0.3 is 0 Å². The van der Waals surface area contributed by atoms with Crippen LogP contribution in [0.25, 0.3) is 11.0 Å². The number of benzene rings is 2. The van der Waals surface area contributed by atoms with Crippen LogP contribution in [-0.4, -0.2) is 31.5 Å². The van der Waals surface area contributed by atoms with Crippen molar-refractivity contribution in [2.24, 2.45) is 11.8 Å². The van der Waals surface area contributed by atoms with Gasteiger partial charge < -0.3 is 4.90 Å². The van der Waals surface area contributed by atoms with E-state index >= 15 is 0 Å². The Labute approximate surface area is 187 Å². The molecule has 0 aliphatic carbocycles. The molecule has 8 heteroatoms. The van der Waals surface area contributed by atoms with Crippen molar-refractivity contribution < 1.29 is 8.42 Å². The number of halogens is 1. The minimum Gasteiger partial charge on any atom is -0.354 e. The fraction of sp³-hybridized carbons (Fsp3) is 0.348. The van der Waals surface area contributed by atoms with Gasteiger partial charge in [0, 0.05) is 18.1 Å². The van der Waals surface area contributed by atoms with Crippen LogP contribution < -0.4 is 4.90 Å². The lowest BCUT2D eigenvalue weighted by Gasteiger charge is -2.36. The molecule has 160 valence electrons. The second-order valence-electron chi connectivity index (χ2n) is 8.28. The topological polar surface area (TPSA) is 86.9 Å². The van der Waals surface area contributed by atoms with Crippen LogP contribution in [0.2, 0.25) is 5.02 Å². The van der Waals surface area contributed by atoms with Gasteiger partial charge in [0.25, 0.3) is 0 Å². The SMILES string of the molecule is C[C@@H]1C[C@H](C)CN(c2nc3ccccc3nc2[C@H](C#N)S(=O)(=O)c2ccc(Cl)cc2)C1. The van der Waals surface area contributed by atoms with Crippen molar-refractivity contribution in [3.63, 3.8) is 0 Å². The number of hydrogen-bond acceptors (Lipinski definition) is 6. The van der Waals surface area contributed by atoms with E-state index in [1.54, 1.807) is 6.07 Å². The third-order valence-corrected chi connectivity index (χ3v) is 7.70. The van der Waals surface area contributed by atoms with E-state index in [4.69, 9.17) is 16.6 Å². The Balaban J connectivity index is 1.90. The molecule has 1 aliphatic heterocycles. The normalized spacial score (nSPS) is 20.4. The van der Waals surface area contributed by atoms with E-state index in [-0.39, 0.29) is 10.6 Å². The number of rotatable bonds is 4. The molecule has 1 fully saturated rings. The number of hydrogen-bond donors (Lipinski definition) is 0. The number of fused-ring (bicyclic) bond motifs is 1. The van der Waals surface area contributed by atoms with Crippen molar-refractivity contribution >= 4 is 38.3 Å². The molecule has 2 heterocycles. The Hall–Kier alpha value is -2.69. The first-order valence-corrected chi connectivity index (χ1v) is 12.1. The molecule has 3 aromatic rings. The van der Waals surface area contributed by atoms with Crippen molar-refractivity contribution in [1.29, 1.82) is 5.26 Å². The summed E-state index contributed by atoms with van der Waals surface area (Å²) in [7, 11) is -4.03. The molecule has 0 N–H and O–H groups in total. The number of para-hydroxylation sites is 2. The summed E-state index contributed by atoms with van der Waals surface area (Å²) < 4.78 is 26.8. The molecule has 0 saturated carbocycles. The lowest BCUT2D eigenvalue weighted by molar-refractivity contribution is 0.355. The molecule has 4 rings (SSSR count). The van der Waals surface area contributed by atoms with E-state index in [0.29, 0.717) is 33.7 Å². The summed E-state index contributed by atoms with van der Waals surface area (Å²) in [6.45, 7) is 5.82. The molecular formula is C23H23ClN4O2S. The first kappa shape index (κ1) is 21.5. The standard InChI is InChI=1S/C23H23ClN4O2S/c1-15-11-16(2)14-28(13-15)23-22(26-19-5-3-4-6-20(19)27-23)21(12-25)31(29,30)18-9-7-17(24)8-10-18/h3-10,15-16,21H,11,13-14H2,1-2H3/t15-,16+,21-/m0/s1. The zero-order chi connectivity index (χ0) is 22.2. The fourth-order valence-electron chi connectivity index (χ4n) is 4.29. The number of anilines is 1. The molecule has 31 heavy (non-hydrogen) atoms. The summed E-state index contributed by atoms with van der Waals surface area (Å²) in [4.78, 5) is 11.5. The number of sulfone groups is 1. The summed E-state index contributed by atoms with van der Waals surface area (Å²) >= 11 is 5.92. The second-order valence-corrected chi connectivity index (χ2v) is 10.7.